The smallest absolute Gasteiger partial charge is 0.270 e. The van der Waals surface area contributed by atoms with Crippen LogP contribution < -0.4 is 5.32 Å². The number of carbonyl (C=O) groups excluding carboxylic acids is 2. The van der Waals surface area contributed by atoms with Gasteiger partial charge in [-0.05, 0) is 25.0 Å². The first-order valence-electron chi connectivity index (χ1n) is 7.82. The van der Waals surface area contributed by atoms with E-state index in [1.807, 2.05) is 0 Å². The van der Waals surface area contributed by atoms with Crippen molar-refractivity contribution in [3.05, 3.63) is 30.6 Å². The minimum atomic E-state index is -3.66. The maximum atomic E-state index is 12.5. The Morgan fingerprint density at radius 1 is 1.29 bits per heavy atom. The molecule has 9 heteroatoms. The summed E-state index contributed by atoms with van der Waals surface area (Å²) in [4.78, 5) is 28.0. The van der Waals surface area contributed by atoms with Crippen molar-refractivity contribution in [1.82, 2.24) is 19.5 Å². The predicted molar refractivity (Wildman–Crippen MR) is 86.8 cm³/mol. The molecule has 0 aromatic carbocycles. The molecule has 0 radical (unpaired) electrons. The fraction of sp³-hybridized carbons (Fsp3) is 0.467. The molecular weight excluding hydrogens is 332 g/mol. The van der Waals surface area contributed by atoms with Gasteiger partial charge in [-0.25, -0.2) is 8.42 Å². The molecule has 0 bridgehead atoms. The first kappa shape index (κ1) is 16.7. The largest absolute Gasteiger partial charge is 0.356 e. The summed E-state index contributed by atoms with van der Waals surface area (Å²) < 4.78 is 26.3. The molecule has 24 heavy (non-hydrogen) atoms. The van der Waals surface area contributed by atoms with Crippen molar-refractivity contribution in [1.29, 1.82) is 0 Å². The summed E-state index contributed by atoms with van der Waals surface area (Å²) in [6, 6.07) is 1.17. The number of aromatic nitrogens is 1. The molecule has 0 saturated carbocycles. The van der Waals surface area contributed by atoms with Crippen molar-refractivity contribution in [2.75, 3.05) is 26.2 Å². The molecule has 1 aromatic heterocycles. The van der Waals surface area contributed by atoms with E-state index in [1.165, 1.54) is 16.6 Å². The Morgan fingerprint density at radius 2 is 1.96 bits per heavy atom. The maximum Gasteiger partial charge on any atom is 0.270 e. The summed E-state index contributed by atoms with van der Waals surface area (Å²) in [5, 5.41) is 2.65. The van der Waals surface area contributed by atoms with Crippen LogP contribution in [0.1, 0.15) is 23.3 Å². The maximum absolute atomic E-state index is 12.5. The average Bonchev–Trinajstić information content (AvgIpc) is 3.20. The zero-order valence-corrected chi connectivity index (χ0v) is 14.0. The number of nitrogens with one attached hydrogen (secondary N) is 2. The predicted octanol–water partition coefficient (Wildman–Crippen LogP) is -0.0742. The fourth-order valence-electron chi connectivity index (χ4n) is 2.87. The quantitative estimate of drug-likeness (QED) is 0.724. The highest BCUT2D eigenvalue weighted by Crippen LogP contribution is 2.23. The lowest BCUT2D eigenvalue weighted by Crippen LogP contribution is -2.60. The van der Waals surface area contributed by atoms with Crippen LogP contribution >= 0.6 is 0 Å². The lowest BCUT2D eigenvalue weighted by atomic mass is 10.2. The van der Waals surface area contributed by atoms with Gasteiger partial charge in [-0.2, -0.15) is 4.31 Å². The van der Waals surface area contributed by atoms with Gasteiger partial charge in [0, 0.05) is 32.4 Å². The van der Waals surface area contributed by atoms with Gasteiger partial charge in [0.2, 0.25) is 15.9 Å². The highest BCUT2D eigenvalue weighted by Gasteiger charge is 2.38. The van der Waals surface area contributed by atoms with Crippen LogP contribution in [0, 0.1) is 0 Å². The standard InChI is InChI=1S/C15H20N4O4S/c1-2-14(20)17-11-9-19(10-11)24(22,23)12-7-13(16-8-12)15(21)18-5-3-4-6-18/h2,7-8,11,16H,1,3-6,9-10H2,(H,17,20). The van der Waals surface area contributed by atoms with Gasteiger partial charge in [0.25, 0.3) is 5.91 Å². The number of carbonyl (C=O) groups is 2. The van der Waals surface area contributed by atoms with Crippen LogP contribution in [0.4, 0.5) is 0 Å². The second-order valence-electron chi connectivity index (χ2n) is 5.98. The van der Waals surface area contributed by atoms with Crippen LogP contribution in [0.3, 0.4) is 0 Å². The molecule has 0 spiro atoms. The Kier molecular flexibility index (Phi) is 4.46. The molecule has 2 fully saturated rings. The summed E-state index contributed by atoms with van der Waals surface area (Å²) in [5.41, 5.74) is 0.285. The Balaban J connectivity index is 1.65. The molecule has 2 aliphatic rings. The van der Waals surface area contributed by atoms with Crippen molar-refractivity contribution in [2.24, 2.45) is 0 Å². The van der Waals surface area contributed by atoms with Crippen molar-refractivity contribution >= 4 is 21.8 Å². The minimum absolute atomic E-state index is 0.0681. The molecule has 2 aliphatic heterocycles. The normalized spacial score (nSPS) is 19.1. The second-order valence-corrected chi connectivity index (χ2v) is 7.92. The number of amides is 2. The summed E-state index contributed by atoms with van der Waals surface area (Å²) in [6.45, 7) is 5.19. The summed E-state index contributed by atoms with van der Waals surface area (Å²) in [5.74, 6) is -0.495. The SMILES string of the molecule is C=CC(=O)NC1CN(S(=O)(=O)c2c[nH]c(C(=O)N3CCCC3)c2)C1. The molecule has 3 rings (SSSR count). The van der Waals surface area contributed by atoms with Crippen molar-refractivity contribution < 1.29 is 18.0 Å². The van der Waals surface area contributed by atoms with Crippen LogP contribution in [0.5, 0.6) is 0 Å². The highest BCUT2D eigenvalue weighted by atomic mass is 32.2. The number of nitrogens with zero attached hydrogens (tertiary/aromatic N) is 2. The number of sulfonamides is 1. The van der Waals surface area contributed by atoms with Gasteiger partial charge < -0.3 is 15.2 Å². The number of rotatable bonds is 5. The van der Waals surface area contributed by atoms with E-state index < -0.39 is 10.0 Å². The number of hydrogen-bond donors (Lipinski definition) is 2. The van der Waals surface area contributed by atoms with Crippen LogP contribution in [0.2, 0.25) is 0 Å². The van der Waals surface area contributed by atoms with E-state index in [0.717, 1.165) is 18.9 Å². The third-order valence-electron chi connectivity index (χ3n) is 4.30. The number of hydrogen-bond acceptors (Lipinski definition) is 4. The molecule has 2 N–H and O–H groups in total. The molecule has 0 unspecified atom stereocenters. The van der Waals surface area contributed by atoms with E-state index in [9.17, 15) is 18.0 Å². The Morgan fingerprint density at radius 3 is 2.58 bits per heavy atom. The van der Waals surface area contributed by atoms with E-state index in [-0.39, 0.29) is 41.5 Å². The molecule has 8 nitrogen and oxygen atoms in total. The monoisotopic (exact) mass is 352 g/mol. The van der Waals surface area contributed by atoms with Gasteiger partial charge in [0.15, 0.2) is 0 Å². The average molecular weight is 352 g/mol. The van der Waals surface area contributed by atoms with E-state index in [4.69, 9.17) is 0 Å². The first-order valence-corrected chi connectivity index (χ1v) is 9.26. The van der Waals surface area contributed by atoms with Gasteiger partial charge in [-0.3, -0.25) is 9.59 Å². The molecule has 2 saturated heterocycles. The number of aromatic amines is 1. The van der Waals surface area contributed by atoms with Crippen molar-refractivity contribution in [3.63, 3.8) is 0 Å². The Bertz CT molecular complexity index is 758. The van der Waals surface area contributed by atoms with E-state index in [2.05, 4.69) is 16.9 Å². The van der Waals surface area contributed by atoms with Gasteiger partial charge >= 0.3 is 0 Å². The zero-order chi connectivity index (χ0) is 17.3. The van der Waals surface area contributed by atoms with Crippen LogP contribution in [0.15, 0.2) is 29.8 Å². The van der Waals surface area contributed by atoms with Gasteiger partial charge in [-0.1, -0.05) is 6.58 Å². The lowest BCUT2D eigenvalue weighted by Gasteiger charge is -2.37. The molecule has 2 amide bonds. The Labute approximate surface area is 140 Å². The molecular formula is C15H20N4O4S. The number of likely N-dealkylation sites (tertiary alicyclic amines) is 1. The van der Waals surface area contributed by atoms with Crippen molar-refractivity contribution in [3.8, 4) is 0 Å². The first-order chi connectivity index (χ1) is 11.4. The molecule has 0 atom stereocenters. The van der Waals surface area contributed by atoms with Crippen LogP contribution in [-0.4, -0.2) is 66.6 Å². The molecule has 0 aliphatic carbocycles. The third-order valence-corrected chi connectivity index (χ3v) is 6.11. The van der Waals surface area contributed by atoms with E-state index in [1.54, 1.807) is 4.90 Å². The lowest BCUT2D eigenvalue weighted by molar-refractivity contribution is -0.117. The summed E-state index contributed by atoms with van der Waals surface area (Å²) >= 11 is 0. The van der Waals surface area contributed by atoms with E-state index >= 15 is 0 Å². The fourth-order valence-corrected chi connectivity index (χ4v) is 4.40. The van der Waals surface area contributed by atoms with Crippen LogP contribution in [0.25, 0.3) is 0 Å². The topological polar surface area (TPSA) is 103 Å². The zero-order valence-electron chi connectivity index (χ0n) is 13.2. The van der Waals surface area contributed by atoms with Gasteiger partial charge in [-0.15, -0.1) is 0 Å². The minimum Gasteiger partial charge on any atom is -0.356 e. The summed E-state index contributed by atoms with van der Waals surface area (Å²) in [7, 11) is -3.66. The third kappa shape index (κ3) is 3.09. The molecule has 1 aromatic rings. The summed E-state index contributed by atoms with van der Waals surface area (Å²) in [6.07, 6.45) is 4.44. The Hall–Kier alpha value is -2.13. The number of H-pyrrole nitrogens is 1. The molecule has 3 heterocycles. The highest BCUT2D eigenvalue weighted by molar-refractivity contribution is 7.89. The van der Waals surface area contributed by atoms with Gasteiger partial charge in [0.1, 0.15) is 10.6 Å². The second kappa shape index (κ2) is 6.40. The van der Waals surface area contributed by atoms with Crippen LogP contribution in [-0.2, 0) is 14.8 Å². The van der Waals surface area contributed by atoms with E-state index in [0.29, 0.717) is 13.1 Å². The molecule has 130 valence electrons. The van der Waals surface area contributed by atoms with Crippen molar-refractivity contribution in [2.45, 2.75) is 23.8 Å². The van der Waals surface area contributed by atoms with Gasteiger partial charge in [0.05, 0.1) is 6.04 Å².